The maximum atomic E-state index is 11.1. The second kappa shape index (κ2) is 8.84. The average Bonchev–Trinajstić information content (AvgIpc) is 2.22. The van der Waals surface area contributed by atoms with Gasteiger partial charge >= 0.3 is 5.97 Å². The van der Waals surface area contributed by atoms with E-state index in [9.17, 15) is 14.4 Å². The van der Waals surface area contributed by atoms with Crippen LogP contribution in [0.1, 0.15) is 25.7 Å². The largest absolute Gasteiger partial charge is 0.481 e. The fourth-order valence-electron chi connectivity index (χ4n) is 1.07. The zero-order chi connectivity index (χ0) is 12.4. The summed E-state index contributed by atoms with van der Waals surface area (Å²) in [7, 11) is 1.43. The van der Waals surface area contributed by atoms with E-state index < -0.39 is 5.97 Å². The van der Waals surface area contributed by atoms with Crippen LogP contribution < -0.4 is 5.32 Å². The number of hydrogen-bond acceptors (Lipinski definition) is 4. The van der Waals surface area contributed by atoms with Crippen molar-refractivity contribution in [2.24, 2.45) is 0 Å². The number of carboxylic acid groups (broad SMARTS) is 1. The number of hydrogen-bond donors (Lipinski definition) is 2. The molecule has 0 rings (SSSR count). The van der Waals surface area contributed by atoms with E-state index in [1.165, 1.54) is 7.11 Å². The lowest BCUT2D eigenvalue weighted by molar-refractivity contribution is -0.138. The molecule has 0 aromatic rings. The highest BCUT2D eigenvalue weighted by molar-refractivity contribution is 5.82. The van der Waals surface area contributed by atoms with Gasteiger partial charge in [-0.05, 0) is 6.42 Å². The third-order valence-electron chi connectivity index (χ3n) is 1.85. The molecule has 0 saturated carbocycles. The van der Waals surface area contributed by atoms with Gasteiger partial charge in [0.05, 0.1) is 6.42 Å². The Balaban J connectivity index is 3.40. The number of nitrogens with one attached hydrogen (secondary N) is 1. The molecule has 0 aliphatic carbocycles. The van der Waals surface area contributed by atoms with Gasteiger partial charge in [-0.1, -0.05) is 0 Å². The van der Waals surface area contributed by atoms with Crippen molar-refractivity contribution in [2.45, 2.75) is 25.7 Å². The number of carboxylic acids is 1. The Morgan fingerprint density at radius 2 is 1.88 bits per heavy atom. The normalized spacial score (nSPS) is 9.81. The molecule has 0 aliphatic heterocycles. The monoisotopic (exact) mass is 231 g/mol. The SMILES string of the molecule is COCC(=O)NCCCC(=O)CCC(=O)O. The minimum Gasteiger partial charge on any atom is -0.481 e. The average molecular weight is 231 g/mol. The molecule has 92 valence electrons. The first kappa shape index (κ1) is 14.6. The van der Waals surface area contributed by atoms with Crippen LogP contribution in [0.25, 0.3) is 0 Å². The molecule has 0 atom stereocenters. The number of methoxy groups -OCH3 is 1. The minimum atomic E-state index is -0.971. The number of amides is 1. The van der Waals surface area contributed by atoms with Crippen LogP contribution in [0, 0.1) is 0 Å². The number of aliphatic carboxylic acids is 1. The highest BCUT2D eigenvalue weighted by Gasteiger charge is 2.05. The summed E-state index contributed by atoms with van der Waals surface area (Å²) in [4.78, 5) is 32.2. The van der Waals surface area contributed by atoms with Crippen molar-refractivity contribution in [1.29, 1.82) is 0 Å². The molecule has 1 amide bonds. The van der Waals surface area contributed by atoms with Crippen molar-refractivity contribution in [3.63, 3.8) is 0 Å². The first-order valence-corrected chi connectivity index (χ1v) is 5.05. The fraction of sp³-hybridized carbons (Fsp3) is 0.700. The first-order chi connectivity index (χ1) is 7.56. The van der Waals surface area contributed by atoms with Crippen LogP contribution >= 0.6 is 0 Å². The molecule has 0 saturated heterocycles. The van der Waals surface area contributed by atoms with Crippen LogP contribution in [0.2, 0.25) is 0 Å². The molecule has 6 heteroatoms. The summed E-state index contributed by atoms with van der Waals surface area (Å²) in [5.74, 6) is -1.29. The Morgan fingerprint density at radius 3 is 2.44 bits per heavy atom. The predicted molar refractivity (Wildman–Crippen MR) is 56.0 cm³/mol. The van der Waals surface area contributed by atoms with Crippen LogP contribution in [0.4, 0.5) is 0 Å². The molecule has 0 radical (unpaired) electrons. The molecule has 0 aromatic carbocycles. The van der Waals surface area contributed by atoms with Crippen molar-refractivity contribution in [1.82, 2.24) is 5.32 Å². The van der Waals surface area contributed by atoms with Gasteiger partial charge in [0, 0.05) is 26.5 Å². The van der Waals surface area contributed by atoms with Gasteiger partial charge in [-0.2, -0.15) is 0 Å². The minimum absolute atomic E-state index is 0.00691. The number of carbonyl (C=O) groups excluding carboxylic acids is 2. The molecule has 16 heavy (non-hydrogen) atoms. The summed E-state index contributed by atoms with van der Waals surface area (Å²) in [5, 5.41) is 10.9. The van der Waals surface area contributed by atoms with E-state index in [1.807, 2.05) is 0 Å². The number of ether oxygens (including phenoxy) is 1. The second-order valence-corrected chi connectivity index (χ2v) is 3.32. The fourth-order valence-corrected chi connectivity index (χ4v) is 1.07. The molecule has 0 aromatic heterocycles. The zero-order valence-corrected chi connectivity index (χ0v) is 9.32. The quantitative estimate of drug-likeness (QED) is 0.543. The van der Waals surface area contributed by atoms with Gasteiger partial charge < -0.3 is 15.2 Å². The molecule has 0 fully saturated rings. The van der Waals surface area contributed by atoms with Gasteiger partial charge in [-0.15, -0.1) is 0 Å². The van der Waals surface area contributed by atoms with Gasteiger partial charge in [0.2, 0.25) is 5.91 Å². The van der Waals surface area contributed by atoms with Gasteiger partial charge in [0.25, 0.3) is 0 Å². The van der Waals surface area contributed by atoms with Crippen LogP contribution in [0.5, 0.6) is 0 Å². The molecule has 0 aliphatic rings. The summed E-state index contributed by atoms with van der Waals surface area (Å²) in [6.07, 6.45) is 0.741. The molecule has 0 spiro atoms. The van der Waals surface area contributed by atoms with E-state index >= 15 is 0 Å². The molecular weight excluding hydrogens is 214 g/mol. The summed E-state index contributed by atoms with van der Waals surface area (Å²) in [6, 6.07) is 0. The Bertz CT molecular complexity index is 252. The second-order valence-electron chi connectivity index (χ2n) is 3.32. The predicted octanol–water partition coefficient (Wildman–Crippen LogP) is -0.0369. The summed E-state index contributed by atoms with van der Waals surface area (Å²) in [6.45, 7) is 0.411. The van der Waals surface area contributed by atoms with Crippen LogP contribution in [-0.2, 0) is 19.1 Å². The van der Waals surface area contributed by atoms with Crippen LogP contribution in [0.3, 0.4) is 0 Å². The maximum Gasteiger partial charge on any atom is 0.303 e. The van der Waals surface area contributed by atoms with Gasteiger partial charge in [-0.3, -0.25) is 14.4 Å². The van der Waals surface area contributed by atoms with Crippen molar-refractivity contribution in [3.05, 3.63) is 0 Å². The Morgan fingerprint density at radius 1 is 1.19 bits per heavy atom. The Labute approximate surface area is 94.0 Å². The van der Waals surface area contributed by atoms with E-state index in [2.05, 4.69) is 10.1 Å². The van der Waals surface area contributed by atoms with E-state index in [-0.39, 0.29) is 31.1 Å². The van der Waals surface area contributed by atoms with E-state index in [1.54, 1.807) is 0 Å². The topological polar surface area (TPSA) is 92.7 Å². The number of carbonyl (C=O) groups is 3. The molecule has 6 nitrogen and oxygen atoms in total. The highest BCUT2D eigenvalue weighted by Crippen LogP contribution is 1.98. The summed E-state index contributed by atoms with van der Waals surface area (Å²) < 4.78 is 4.60. The van der Waals surface area contributed by atoms with Crippen LogP contribution in [-0.4, -0.2) is 43.0 Å². The first-order valence-electron chi connectivity index (χ1n) is 5.05. The third kappa shape index (κ3) is 9.14. The van der Waals surface area contributed by atoms with E-state index in [4.69, 9.17) is 5.11 Å². The Kier molecular flexibility index (Phi) is 8.05. The Hall–Kier alpha value is -1.43. The van der Waals surface area contributed by atoms with Gasteiger partial charge in [-0.25, -0.2) is 0 Å². The number of rotatable bonds is 9. The van der Waals surface area contributed by atoms with Crippen molar-refractivity contribution in [3.8, 4) is 0 Å². The van der Waals surface area contributed by atoms with Gasteiger partial charge in [0.15, 0.2) is 0 Å². The van der Waals surface area contributed by atoms with E-state index in [0.29, 0.717) is 19.4 Å². The molecular formula is C10H17NO5. The number of Topliss-reactive ketones (excluding diaryl/α,β-unsaturated/α-hetero) is 1. The molecule has 0 bridgehead atoms. The highest BCUT2D eigenvalue weighted by atomic mass is 16.5. The van der Waals surface area contributed by atoms with Crippen molar-refractivity contribution >= 4 is 17.7 Å². The lowest BCUT2D eigenvalue weighted by atomic mass is 10.1. The summed E-state index contributed by atoms with van der Waals surface area (Å²) in [5.41, 5.74) is 0. The van der Waals surface area contributed by atoms with Crippen LogP contribution in [0.15, 0.2) is 0 Å². The maximum absolute atomic E-state index is 11.1. The smallest absolute Gasteiger partial charge is 0.303 e. The molecule has 2 N–H and O–H groups in total. The lowest BCUT2D eigenvalue weighted by Crippen LogP contribution is -2.28. The molecule has 0 heterocycles. The summed E-state index contributed by atoms with van der Waals surface area (Å²) >= 11 is 0. The zero-order valence-electron chi connectivity index (χ0n) is 9.32. The number of ketones is 1. The molecule has 0 unspecified atom stereocenters. The van der Waals surface area contributed by atoms with Gasteiger partial charge in [0.1, 0.15) is 12.4 Å². The van der Waals surface area contributed by atoms with E-state index in [0.717, 1.165) is 0 Å². The third-order valence-corrected chi connectivity index (χ3v) is 1.85. The standard InChI is InChI=1S/C10H17NO5/c1-16-7-9(13)11-6-2-3-8(12)4-5-10(14)15/h2-7H2,1H3,(H,11,13)(H,14,15). The van der Waals surface area contributed by atoms with Crippen molar-refractivity contribution in [2.75, 3.05) is 20.3 Å². The lowest BCUT2D eigenvalue weighted by Gasteiger charge is -2.03. The van der Waals surface area contributed by atoms with Crippen molar-refractivity contribution < 1.29 is 24.2 Å².